The van der Waals surface area contributed by atoms with Gasteiger partial charge in [-0.25, -0.2) is 0 Å². The van der Waals surface area contributed by atoms with E-state index in [0.29, 0.717) is 13.2 Å². The Bertz CT molecular complexity index is 696. The fourth-order valence-corrected chi connectivity index (χ4v) is 3.56. The van der Waals surface area contributed by atoms with Gasteiger partial charge in [0, 0.05) is 5.56 Å². The van der Waals surface area contributed by atoms with Crippen molar-refractivity contribution in [3.8, 4) is 0 Å². The molecular formula is C21H25NO4. The molecule has 2 heterocycles. The Morgan fingerprint density at radius 1 is 1.00 bits per heavy atom. The van der Waals surface area contributed by atoms with Gasteiger partial charge in [0.15, 0.2) is 6.29 Å². The van der Waals surface area contributed by atoms with E-state index in [0.717, 1.165) is 11.1 Å². The summed E-state index contributed by atoms with van der Waals surface area (Å²) >= 11 is 0. The lowest BCUT2D eigenvalue weighted by Crippen LogP contribution is -2.64. The Kier molecular flexibility index (Phi) is 5.33. The van der Waals surface area contributed by atoms with Crippen LogP contribution in [0.2, 0.25) is 0 Å². The van der Waals surface area contributed by atoms with Gasteiger partial charge >= 0.3 is 0 Å². The smallest absolute Gasteiger partial charge is 0.184 e. The lowest BCUT2D eigenvalue weighted by Gasteiger charge is -2.48. The molecule has 26 heavy (non-hydrogen) atoms. The maximum atomic E-state index is 6.41. The van der Waals surface area contributed by atoms with Gasteiger partial charge in [0.2, 0.25) is 0 Å². The van der Waals surface area contributed by atoms with E-state index in [1.165, 1.54) is 0 Å². The van der Waals surface area contributed by atoms with Crippen LogP contribution in [0.5, 0.6) is 0 Å². The van der Waals surface area contributed by atoms with E-state index >= 15 is 0 Å². The fraction of sp³-hybridized carbons (Fsp3) is 0.429. The van der Waals surface area contributed by atoms with Crippen LogP contribution in [0.1, 0.15) is 24.3 Å². The summed E-state index contributed by atoms with van der Waals surface area (Å²) in [4.78, 5) is 0. The molecule has 2 saturated heterocycles. The summed E-state index contributed by atoms with van der Waals surface area (Å²) in [6.45, 7) is 2.94. The maximum Gasteiger partial charge on any atom is 0.184 e. The minimum absolute atomic E-state index is 0.113. The van der Waals surface area contributed by atoms with Gasteiger partial charge in [-0.1, -0.05) is 60.7 Å². The van der Waals surface area contributed by atoms with Gasteiger partial charge < -0.3 is 24.7 Å². The molecule has 5 nitrogen and oxygen atoms in total. The molecule has 0 radical (unpaired) electrons. The minimum atomic E-state index is -0.426. The summed E-state index contributed by atoms with van der Waals surface area (Å²) < 4.78 is 24.4. The molecule has 2 aliphatic heterocycles. The lowest BCUT2D eigenvalue weighted by atomic mass is 9.93. The highest BCUT2D eigenvalue weighted by Crippen LogP contribution is 2.34. The second kappa shape index (κ2) is 7.86. The lowest BCUT2D eigenvalue weighted by molar-refractivity contribution is -0.317. The van der Waals surface area contributed by atoms with E-state index in [1.807, 2.05) is 67.6 Å². The standard InChI is InChI=1S/C21H25NO4/c1-14-18(22)20(23-12-15-8-4-2-5-9-15)19-17(25-14)13-24-21(26-19)16-10-6-3-7-11-16/h2-11,14,17-21H,12-13,22H2,1H3. The van der Waals surface area contributed by atoms with Gasteiger partial charge in [0.1, 0.15) is 18.3 Å². The SMILES string of the molecule is CC1OC2COC(c3ccccc3)OC2C(OCc2ccccc2)C1N. The number of rotatable bonds is 4. The summed E-state index contributed by atoms with van der Waals surface area (Å²) in [7, 11) is 0. The first kappa shape index (κ1) is 17.6. The number of nitrogens with two attached hydrogens (primary N) is 1. The van der Waals surface area contributed by atoms with Crippen molar-refractivity contribution in [1.29, 1.82) is 0 Å². The van der Waals surface area contributed by atoms with Crippen LogP contribution in [-0.4, -0.2) is 37.1 Å². The molecule has 0 saturated carbocycles. The van der Waals surface area contributed by atoms with Crippen molar-refractivity contribution in [2.24, 2.45) is 5.73 Å². The largest absolute Gasteiger partial charge is 0.369 e. The summed E-state index contributed by atoms with van der Waals surface area (Å²) in [6.07, 6.45) is -1.23. The summed E-state index contributed by atoms with van der Waals surface area (Å²) in [5.41, 5.74) is 8.51. The highest BCUT2D eigenvalue weighted by atomic mass is 16.7. The number of hydrogen-bond donors (Lipinski definition) is 1. The predicted octanol–water partition coefficient (Wildman–Crippen LogP) is 2.80. The molecule has 6 unspecified atom stereocenters. The summed E-state index contributed by atoms with van der Waals surface area (Å²) in [6, 6.07) is 19.8. The molecule has 0 spiro atoms. The quantitative estimate of drug-likeness (QED) is 0.914. The minimum Gasteiger partial charge on any atom is -0.369 e. The molecule has 2 aromatic carbocycles. The fourth-order valence-electron chi connectivity index (χ4n) is 3.56. The van der Waals surface area contributed by atoms with Crippen LogP contribution in [0.3, 0.4) is 0 Å². The van der Waals surface area contributed by atoms with Crippen LogP contribution in [0, 0.1) is 0 Å². The second-order valence-electron chi connectivity index (χ2n) is 6.89. The highest BCUT2D eigenvalue weighted by Gasteiger charge is 2.48. The monoisotopic (exact) mass is 355 g/mol. The molecule has 0 aromatic heterocycles. The summed E-state index contributed by atoms with van der Waals surface area (Å²) in [5, 5.41) is 0. The highest BCUT2D eigenvalue weighted by molar-refractivity contribution is 5.17. The first-order valence-corrected chi connectivity index (χ1v) is 9.11. The molecular weight excluding hydrogens is 330 g/mol. The van der Waals surface area contributed by atoms with Gasteiger partial charge in [0.05, 0.1) is 25.4 Å². The van der Waals surface area contributed by atoms with Crippen molar-refractivity contribution in [3.63, 3.8) is 0 Å². The van der Waals surface area contributed by atoms with Crippen LogP contribution in [0.4, 0.5) is 0 Å². The van der Waals surface area contributed by atoms with Crippen LogP contribution in [0.25, 0.3) is 0 Å². The van der Waals surface area contributed by atoms with Crippen molar-refractivity contribution in [1.82, 2.24) is 0 Å². The van der Waals surface area contributed by atoms with Crippen molar-refractivity contribution < 1.29 is 18.9 Å². The zero-order valence-electron chi connectivity index (χ0n) is 14.9. The average molecular weight is 355 g/mol. The van der Waals surface area contributed by atoms with Crippen molar-refractivity contribution in [3.05, 3.63) is 71.8 Å². The number of fused-ring (bicyclic) bond motifs is 1. The van der Waals surface area contributed by atoms with Gasteiger partial charge in [-0.05, 0) is 12.5 Å². The molecule has 0 amide bonds. The normalized spacial score (nSPS) is 34.2. The third kappa shape index (κ3) is 3.68. The topological polar surface area (TPSA) is 62.9 Å². The van der Waals surface area contributed by atoms with E-state index in [1.54, 1.807) is 0 Å². The first-order chi connectivity index (χ1) is 12.7. The molecule has 2 fully saturated rings. The molecule has 2 aliphatic rings. The Balaban J connectivity index is 1.50. The molecule has 2 aromatic rings. The van der Waals surface area contributed by atoms with E-state index in [9.17, 15) is 0 Å². The van der Waals surface area contributed by atoms with Crippen molar-refractivity contribution in [2.75, 3.05) is 6.61 Å². The van der Waals surface area contributed by atoms with E-state index in [4.69, 9.17) is 24.7 Å². The Labute approximate surface area is 154 Å². The van der Waals surface area contributed by atoms with Crippen LogP contribution >= 0.6 is 0 Å². The third-order valence-corrected chi connectivity index (χ3v) is 5.05. The van der Waals surface area contributed by atoms with Gasteiger partial charge in [0.25, 0.3) is 0 Å². The molecule has 4 rings (SSSR count). The average Bonchev–Trinajstić information content (AvgIpc) is 2.69. The second-order valence-corrected chi connectivity index (χ2v) is 6.89. The van der Waals surface area contributed by atoms with Crippen molar-refractivity contribution >= 4 is 0 Å². The molecule has 2 N–H and O–H groups in total. The van der Waals surface area contributed by atoms with E-state index in [2.05, 4.69) is 0 Å². The van der Waals surface area contributed by atoms with Gasteiger partial charge in [-0.15, -0.1) is 0 Å². The molecule has 5 heteroatoms. The Hall–Kier alpha value is -1.76. The molecule has 0 bridgehead atoms. The summed E-state index contributed by atoms with van der Waals surface area (Å²) in [5.74, 6) is 0. The van der Waals surface area contributed by atoms with Gasteiger partial charge in [-0.3, -0.25) is 0 Å². The predicted molar refractivity (Wildman–Crippen MR) is 97.3 cm³/mol. The first-order valence-electron chi connectivity index (χ1n) is 9.11. The van der Waals surface area contributed by atoms with Crippen LogP contribution < -0.4 is 5.73 Å². The van der Waals surface area contributed by atoms with Crippen LogP contribution in [-0.2, 0) is 25.6 Å². The molecule has 6 atom stereocenters. The zero-order chi connectivity index (χ0) is 17.9. The number of hydrogen-bond acceptors (Lipinski definition) is 5. The molecule has 138 valence electrons. The molecule has 0 aliphatic carbocycles. The maximum absolute atomic E-state index is 6.41. The van der Waals surface area contributed by atoms with E-state index < -0.39 is 6.29 Å². The number of ether oxygens (including phenoxy) is 4. The zero-order valence-corrected chi connectivity index (χ0v) is 14.9. The van der Waals surface area contributed by atoms with Gasteiger partial charge in [-0.2, -0.15) is 0 Å². The number of benzene rings is 2. The van der Waals surface area contributed by atoms with Crippen LogP contribution in [0.15, 0.2) is 60.7 Å². The van der Waals surface area contributed by atoms with Crippen molar-refractivity contribution in [2.45, 2.75) is 50.3 Å². The van der Waals surface area contributed by atoms with E-state index in [-0.39, 0.29) is 30.5 Å². The third-order valence-electron chi connectivity index (χ3n) is 5.05. The Morgan fingerprint density at radius 3 is 2.42 bits per heavy atom. The Morgan fingerprint density at radius 2 is 1.69 bits per heavy atom.